The molecule has 4 nitrogen and oxygen atoms in total. The van der Waals surface area contributed by atoms with E-state index in [-0.39, 0.29) is 0 Å². The standard InChI is InChI=1S/C62H41N3O/c1-3-17-43(18-4-1)64-57-25-13-11-22-49(57)54-36-42(28-33-59(54)64)53-39-56-51-32-30-47(38-61(51)66-62(56)52-24-10-9-21-48(52)53)63(45-29-27-40-15-7-8-16-41(40)35-45)46-31-34-60-55(37-46)50-23-12-14-26-58(50)65(60)44-19-5-2-6-20-44/h1-3,5-17,19-39H,4,18H2. The third-order valence-electron chi connectivity index (χ3n) is 13.9. The van der Waals surface area contributed by atoms with E-state index in [2.05, 4.69) is 239 Å². The quantitative estimate of drug-likeness (QED) is 0.167. The summed E-state index contributed by atoms with van der Waals surface area (Å²) in [5.41, 5.74) is 14.7. The molecule has 1 aliphatic carbocycles. The molecule has 0 saturated heterocycles. The maximum absolute atomic E-state index is 7.02. The van der Waals surface area contributed by atoms with Crippen LogP contribution >= 0.6 is 0 Å². The number of para-hydroxylation sites is 3. The number of furan rings is 1. The molecule has 0 saturated carbocycles. The number of benzene rings is 10. The minimum absolute atomic E-state index is 0.852. The van der Waals surface area contributed by atoms with Crippen molar-refractivity contribution in [3.05, 3.63) is 224 Å². The molecular formula is C62H41N3O. The second-order valence-corrected chi connectivity index (χ2v) is 17.6. The zero-order valence-electron chi connectivity index (χ0n) is 36.0. The summed E-state index contributed by atoms with van der Waals surface area (Å²) in [6.45, 7) is 0. The monoisotopic (exact) mass is 843 g/mol. The Labute approximate surface area is 380 Å². The molecule has 0 spiro atoms. The van der Waals surface area contributed by atoms with Gasteiger partial charge in [0.25, 0.3) is 0 Å². The molecule has 0 unspecified atom stereocenters. The van der Waals surface area contributed by atoms with Crippen LogP contribution < -0.4 is 4.90 Å². The lowest BCUT2D eigenvalue weighted by molar-refractivity contribution is 0.673. The van der Waals surface area contributed by atoms with Crippen molar-refractivity contribution in [1.82, 2.24) is 9.13 Å². The van der Waals surface area contributed by atoms with Gasteiger partial charge in [0.15, 0.2) is 0 Å². The van der Waals surface area contributed by atoms with E-state index in [9.17, 15) is 0 Å². The van der Waals surface area contributed by atoms with Gasteiger partial charge >= 0.3 is 0 Å². The van der Waals surface area contributed by atoms with Crippen molar-refractivity contribution < 1.29 is 4.42 Å². The summed E-state index contributed by atoms with van der Waals surface area (Å²) < 4.78 is 11.9. The van der Waals surface area contributed by atoms with Crippen molar-refractivity contribution in [2.45, 2.75) is 12.8 Å². The van der Waals surface area contributed by atoms with Gasteiger partial charge in [0.2, 0.25) is 0 Å². The summed E-state index contributed by atoms with van der Waals surface area (Å²) in [7, 11) is 0. The highest BCUT2D eigenvalue weighted by atomic mass is 16.3. The van der Waals surface area contributed by atoms with Crippen molar-refractivity contribution in [2.75, 3.05) is 4.90 Å². The molecule has 66 heavy (non-hydrogen) atoms. The average Bonchev–Trinajstić information content (AvgIpc) is 4.04. The Morgan fingerprint density at radius 1 is 0.409 bits per heavy atom. The number of rotatable bonds is 6. The summed E-state index contributed by atoms with van der Waals surface area (Å²) in [5, 5.41) is 11.8. The molecule has 1 aliphatic rings. The van der Waals surface area contributed by atoms with Gasteiger partial charge in [0.05, 0.1) is 22.1 Å². The number of nitrogens with zero attached hydrogens (tertiary/aromatic N) is 3. The van der Waals surface area contributed by atoms with Crippen LogP contribution in [0.3, 0.4) is 0 Å². The van der Waals surface area contributed by atoms with E-state index in [1.807, 2.05) is 0 Å². The number of allylic oxidation sites excluding steroid dienone is 4. The largest absolute Gasteiger partial charge is 0.455 e. The van der Waals surface area contributed by atoms with Crippen LogP contribution in [-0.4, -0.2) is 9.13 Å². The van der Waals surface area contributed by atoms with Gasteiger partial charge in [-0.1, -0.05) is 127 Å². The van der Waals surface area contributed by atoms with Crippen molar-refractivity contribution in [1.29, 1.82) is 0 Å². The minimum Gasteiger partial charge on any atom is -0.455 e. The van der Waals surface area contributed by atoms with Gasteiger partial charge in [-0.3, -0.25) is 0 Å². The van der Waals surface area contributed by atoms with Crippen molar-refractivity contribution in [3.63, 3.8) is 0 Å². The van der Waals surface area contributed by atoms with Crippen LogP contribution in [0, 0.1) is 0 Å². The predicted octanol–water partition coefficient (Wildman–Crippen LogP) is 17.4. The number of aromatic nitrogens is 2. The molecule has 0 atom stereocenters. The van der Waals surface area contributed by atoms with Crippen molar-refractivity contribution in [2.24, 2.45) is 0 Å². The van der Waals surface area contributed by atoms with Crippen molar-refractivity contribution in [3.8, 4) is 16.8 Å². The zero-order chi connectivity index (χ0) is 43.3. The van der Waals surface area contributed by atoms with E-state index in [1.54, 1.807) is 0 Å². The topological polar surface area (TPSA) is 26.2 Å². The Hall–Kier alpha value is -8.60. The lowest BCUT2D eigenvalue weighted by atomic mass is 9.94. The van der Waals surface area contributed by atoms with E-state index < -0.39 is 0 Å². The lowest BCUT2D eigenvalue weighted by Gasteiger charge is -2.26. The second kappa shape index (κ2) is 14.5. The van der Waals surface area contributed by atoms with Crippen LogP contribution in [0.2, 0.25) is 0 Å². The lowest BCUT2D eigenvalue weighted by Crippen LogP contribution is -2.10. The van der Waals surface area contributed by atoms with E-state index in [4.69, 9.17) is 4.42 Å². The maximum atomic E-state index is 7.02. The number of anilines is 3. The predicted molar refractivity (Wildman–Crippen MR) is 279 cm³/mol. The summed E-state index contributed by atoms with van der Waals surface area (Å²) in [4.78, 5) is 2.38. The molecule has 0 radical (unpaired) electrons. The van der Waals surface area contributed by atoms with Crippen LogP contribution in [0.4, 0.5) is 17.1 Å². The Bertz CT molecular complexity index is 4180. The van der Waals surface area contributed by atoms with Gasteiger partial charge in [-0.05, 0) is 131 Å². The smallest absolute Gasteiger partial charge is 0.143 e. The first-order valence-electron chi connectivity index (χ1n) is 22.9. The Morgan fingerprint density at radius 2 is 1.03 bits per heavy atom. The van der Waals surface area contributed by atoms with Crippen LogP contribution in [0.25, 0.3) is 110 Å². The first kappa shape index (κ1) is 36.8. The fourth-order valence-electron chi connectivity index (χ4n) is 10.9. The molecule has 3 heterocycles. The first-order valence-corrected chi connectivity index (χ1v) is 22.9. The fourth-order valence-corrected chi connectivity index (χ4v) is 10.9. The number of hydrogen-bond donors (Lipinski definition) is 0. The zero-order valence-corrected chi connectivity index (χ0v) is 36.0. The molecule has 3 aromatic heterocycles. The Balaban J connectivity index is 0.956. The van der Waals surface area contributed by atoms with E-state index in [0.717, 1.165) is 62.9 Å². The highest BCUT2D eigenvalue weighted by Gasteiger charge is 2.22. The molecule has 0 amide bonds. The van der Waals surface area contributed by atoms with Gasteiger partial charge in [-0.2, -0.15) is 0 Å². The molecule has 0 fully saturated rings. The minimum atomic E-state index is 0.852. The Morgan fingerprint density at radius 3 is 1.85 bits per heavy atom. The molecule has 0 aliphatic heterocycles. The van der Waals surface area contributed by atoms with Crippen LogP contribution in [0.5, 0.6) is 0 Å². The third-order valence-corrected chi connectivity index (χ3v) is 13.9. The van der Waals surface area contributed by atoms with Crippen LogP contribution in [0.1, 0.15) is 12.8 Å². The molecule has 0 N–H and O–H groups in total. The molecule has 0 bridgehead atoms. The van der Waals surface area contributed by atoms with E-state index in [1.165, 1.54) is 76.6 Å². The normalized spacial score (nSPS) is 13.1. The first-order chi connectivity index (χ1) is 32.7. The fraction of sp³-hybridized carbons (Fsp3) is 0.0323. The molecule has 13 aromatic rings. The summed E-state index contributed by atoms with van der Waals surface area (Å²) in [6, 6.07) is 75.3. The maximum Gasteiger partial charge on any atom is 0.143 e. The SMILES string of the molecule is C1=CCCC(n2c3ccccc3c3cc(-c4cc5c6ccc(N(c7ccc8ccccc8c7)c7ccc8c(c7)c7ccccc7n8-c7ccccc7)cc6oc5c5ccccc45)ccc32)=C1. The highest BCUT2D eigenvalue weighted by Crippen LogP contribution is 2.45. The van der Waals surface area contributed by atoms with Crippen molar-refractivity contribution >= 4 is 110 Å². The van der Waals surface area contributed by atoms with Crippen LogP contribution in [-0.2, 0) is 0 Å². The van der Waals surface area contributed by atoms with Gasteiger partial charge in [-0.15, -0.1) is 0 Å². The summed E-state index contributed by atoms with van der Waals surface area (Å²) >= 11 is 0. The number of fused-ring (bicyclic) bond motifs is 12. The van der Waals surface area contributed by atoms with Gasteiger partial charge in [0, 0.05) is 72.2 Å². The van der Waals surface area contributed by atoms with Gasteiger partial charge < -0.3 is 18.5 Å². The average molecular weight is 844 g/mol. The molecule has 310 valence electrons. The molecular weight excluding hydrogens is 803 g/mol. The molecule has 4 heteroatoms. The van der Waals surface area contributed by atoms with Gasteiger partial charge in [0.1, 0.15) is 11.2 Å². The third kappa shape index (κ3) is 5.58. The molecule has 10 aromatic carbocycles. The van der Waals surface area contributed by atoms with E-state index >= 15 is 0 Å². The van der Waals surface area contributed by atoms with Gasteiger partial charge in [-0.25, -0.2) is 0 Å². The summed E-state index contributed by atoms with van der Waals surface area (Å²) in [5.74, 6) is 0. The summed E-state index contributed by atoms with van der Waals surface area (Å²) in [6.07, 6.45) is 8.80. The number of hydrogen-bond acceptors (Lipinski definition) is 2. The van der Waals surface area contributed by atoms with E-state index in [0.29, 0.717) is 0 Å². The van der Waals surface area contributed by atoms with Crippen LogP contribution in [0.15, 0.2) is 229 Å². The second-order valence-electron chi connectivity index (χ2n) is 17.6. The Kier molecular flexibility index (Phi) is 8.07. The molecule has 14 rings (SSSR count). The highest BCUT2D eigenvalue weighted by molar-refractivity contribution is 6.20.